The van der Waals surface area contributed by atoms with Gasteiger partial charge in [0, 0.05) is 0 Å². The summed E-state index contributed by atoms with van der Waals surface area (Å²) in [6, 6.07) is 0. The highest BCUT2D eigenvalue weighted by atomic mass is 19.3. The van der Waals surface area contributed by atoms with Crippen LogP contribution in [0.3, 0.4) is 0 Å². The molecular formula is C10H13F5O2. The molecule has 0 aromatic heterocycles. The summed E-state index contributed by atoms with van der Waals surface area (Å²) < 4.78 is 70.6. The van der Waals surface area contributed by atoms with Crippen LogP contribution in [0.5, 0.6) is 0 Å². The van der Waals surface area contributed by atoms with Gasteiger partial charge in [-0.1, -0.05) is 13.3 Å². The standard InChI is InChI=1S/C10H13F5O2/c1-2-3-6-17-10(15)8(12,13)5-4-7(11)9(10,14)16/h4-5,7,16H,2-3,6H2,1H3. The third kappa shape index (κ3) is 2.18. The van der Waals surface area contributed by atoms with Gasteiger partial charge in [0.05, 0.1) is 6.61 Å². The quantitative estimate of drug-likeness (QED) is 0.478. The van der Waals surface area contributed by atoms with Crippen molar-refractivity contribution in [2.24, 2.45) is 0 Å². The third-order valence-corrected chi connectivity index (χ3v) is 2.52. The van der Waals surface area contributed by atoms with Gasteiger partial charge in [0.2, 0.25) is 0 Å². The number of halogens is 5. The van der Waals surface area contributed by atoms with Crippen LogP contribution in [0.25, 0.3) is 0 Å². The maximum atomic E-state index is 13.8. The minimum atomic E-state index is -4.44. The van der Waals surface area contributed by atoms with E-state index in [1.807, 2.05) is 0 Å². The molecule has 3 unspecified atom stereocenters. The summed E-state index contributed by atoms with van der Waals surface area (Å²) in [6.07, 6.45) is -2.31. The van der Waals surface area contributed by atoms with Gasteiger partial charge in [-0.25, -0.2) is 8.78 Å². The largest absolute Gasteiger partial charge is 0.355 e. The second kappa shape index (κ2) is 4.53. The van der Waals surface area contributed by atoms with E-state index < -0.39 is 30.4 Å². The number of alkyl halides is 5. The third-order valence-electron chi connectivity index (χ3n) is 2.52. The first kappa shape index (κ1) is 14.4. The Morgan fingerprint density at radius 2 is 1.88 bits per heavy atom. The van der Waals surface area contributed by atoms with E-state index in [1.165, 1.54) is 0 Å². The lowest BCUT2D eigenvalue weighted by Gasteiger charge is -2.42. The van der Waals surface area contributed by atoms with Gasteiger partial charge in [0.1, 0.15) is 0 Å². The summed E-state index contributed by atoms with van der Waals surface area (Å²) in [7, 11) is 0. The Labute approximate surface area is 95.1 Å². The molecular weight excluding hydrogens is 247 g/mol. The smallest absolute Gasteiger partial charge is 0.339 e. The molecule has 1 rings (SSSR count). The highest BCUT2D eigenvalue weighted by Crippen LogP contribution is 2.49. The van der Waals surface area contributed by atoms with Gasteiger partial charge in [-0.15, -0.1) is 0 Å². The SMILES string of the molecule is CCCCOC1(F)C(F)(F)C=CC(F)C1(O)F. The lowest BCUT2D eigenvalue weighted by atomic mass is 9.91. The highest BCUT2D eigenvalue weighted by Gasteiger charge is 2.73. The monoisotopic (exact) mass is 260 g/mol. The zero-order valence-electron chi connectivity index (χ0n) is 9.10. The minimum absolute atomic E-state index is 0.0704. The van der Waals surface area contributed by atoms with Crippen LogP contribution < -0.4 is 0 Å². The molecule has 7 heteroatoms. The van der Waals surface area contributed by atoms with Crippen LogP contribution >= 0.6 is 0 Å². The maximum Gasteiger partial charge on any atom is 0.339 e. The Morgan fingerprint density at radius 3 is 2.41 bits per heavy atom. The van der Waals surface area contributed by atoms with E-state index in [4.69, 9.17) is 5.11 Å². The van der Waals surface area contributed by atoms with Crippen molar-refractivity contribution in [3.63, 3.8) is 0 Å². The first-order chi connectivity index (χ1) is 7.69. The van der Waals surface area contributed by atoms with Crippen LogP contribution in [-0.2, 0) is 4.74 Å². The average Bonchev–Trinajstić information content (AvgIpc) is 2.23. The molecule has 0 spiro atoms. The summed E-state index contributed by atoms with van der Waals surface area (Å²) in [5, 5.41) is 8.92. The van der Waals surface area contributed by atoms with Crippen LogP contribution in [0.15, 0.2) is 12.2 Å². The summed E-state index contributed by atoms with van der Waals surface area (Å²) in [4.78, 5) is 0. The molecule has 2 nitrogen and oxygen atoms in total. The molecule has 3 atom stereocenters. The zero-order chi connectivity index (χ0) is 13.3. The molecule has 0 aromatic rings. The van der Waals surface area contributed by atoms with Gasteiger partial charge >= 0.3 is 17.6 Å². The zero-order valence-corrected chi connectivity index (χ0v) is 9.10. The van der Waals surface area contributed by atoms with E-state index >= 15 is 0 Å². The van der Waals surface area contributed by atoms with Gasteiger partial charge in [-0.3, -0.25) is 0 Å². The van der Waals surface area contributed by atoms with Crippen molar-refractivity contribution in [1.82, 2.24) is 0 Å². The number of hydrogen-bond donors (Lipinski definition) is 1. The molecule has 17 heavy (non-hydrogen) atoms. The molecule has 0 bridgehead atoms. The van der Waals surface area contributed by atoms with E-state index in [0.717, 1.165) is 0 Å². The van der Waals surface area contributed by atoms with Crippen molar-refractivity contribution >= 4 is 0 Å². The maximum absolute atomic E-state index is 13.8. The Bertz CT molecular complexity index is 305. The fraction of sp³-hybridized carbons (Fsp3) is 0.800. The van der Waals surface area contributed by atoms with Crippen LogP contribution in [0.1, 0.15) is 19.8 Å². The topological polar surface area (TPSA) is 29.5 Å². The fourth-order valence-corrected chi connectivity index (χ4v) is 1.41. The number of rotatable bonds is 4. The highest BCUT2D eigenvalue weighted by molar-refractivity contribution is 5.19. The summed E-state index contributed by atoms with van der Waals surface area (Å²) in [5.74, 6) is -13.3. The molecule has 100 valence electrons. The Morgan fingerprint density at radius 1 is 1.29 bits per heavy atom. The molecule has 0 fully saturated rings. The second-order valence-electron chi connectivity index (χ2n) is 3.85. The molecule has 0 saturated carbocycles. The molecule has 0 aliphatic heterocycles. The molecule has 1 aliphatic carbocycles. The second-order valence-corrected chi connectivity index (χ2v) is 3.85. The molecule has 1 N–H and O–H groups in total. The van der Waals surface area contributed by atoms with Crippen LogP contribution in [0, 0.1) is 0 Å². The Kier molecular flexibility index (Phi) is 3.83. The number of ether oxygens (including phenoxy) is 1. The van der Waals surface area contributed by atoms with Gasteiger partial charge in [-0.2, -0.15) is 13.2 Å². The van der Waals surface area contributed by atoms with Crippen LogP contribution in [-0.4, -0.2) is 35.5 Å². The first-order valence-corrected chi connectivity index (χ1v) is 5.14. The molecule has 0 amide bonds. The fourth-order valence-electron chi connectivity index (χ4n) is 1.41. The Balaban J connectivity index is 3.01. The van der Waals surface area contributed by atoms with Gasteiger partial charge in [0.25, 0.3) is 0 Å². The molecule has 0 radical (unpaired) electrons. The number of aliphatic hydroxyl groups is 1. The summed E-state index contributed by atoms with van der Waals surface area (Å²) in [5.41, 5.74) is 0. The lowest BCUT2D eigenvalue weighted by Crippen LogP contribution is -2.66. The number of unbranched alkanes of at least 4 members (excludes halogenated alkanes) is 1. The average molecular weight is 260 g/mol. The van der Waals surface area contributed by atoms with Crippen LogP contribution in [0.4, 0.5) is 22.0 Å². The van der Waals surface area contributed by atoms with Gasteiger partial charge < -0.3 is 9.84 Å². The minimum Gasteiger partial charge on any atom is -0.355 e. The van der Waals surface area contributed by atoms with Gasteiger partial charge in [-0.05, 0) is 18.6 Å². The molecule has 0 heterocycles. The normalized spacial score (nSPS) is 40.5. The van der Waals surface area contributed by atoms with Crippen molar-refractivity contribution in [3.8, 4) is 0 Å². The Hall–Kier alpha value is -0.690. The van der Waals surface area contributed by atoms with Gasteiger partial charge in [0.15, 0.2) is 6.17 Å². The van der Waals surface area contributed by atoms with Crippen molar-refractivity contribution in [2.75, 3.05) is 6.61 Å². The van der Waals surface area contributed by atoms with E-state index in [1.54, 1.807) is 6.92 Å². The van der Waals surface area contributed by atoms with Crippen molar-refractivity contribution < 1.29 is 31.8 Å². The van der Waals surface area contributed by atoms with Crippen molar-refractivity contribution in [2.45, 2.75) is 43.6 Å². The lowest BCUT2D eigenvalue weighted by molar-refractivity contribution is -0.385. The molecule has 0 aromatic carbocycles. The number of hydrogen-bond acceptors (Lipinski definition) is 2. The van der Waals surface area contributed by atoms with E-state index in [-0.39, 0.29) is 18.6 Å². The first-order valence-electron chi connectivity index (χ1n) is 5.14. The summed E-state index contributed by atoms with van der Waals surface area (Å²) in [6.45, 7) is 1.13. The summed E-state index contributed by atoms with van der Waals surface area (Å²) >= 11 is 0. The molecule has 0 saturated heterocycles. The van der Waals surface area contributed by atoms with Crippen LogP contribution in [0.2, 0.25) is 0 Å². The molecule has 1 aliphatic rings. The predicted octanol–water partition coefficient (Wildman–Crippen LogP) is 2.67. The van der Waals surface area contributed by atoms with E-state index in [9.17, 15) is 22.0 Å². The predicted molar refractivity (Wildman–Crippen MR) is 49.7 cm³/mol. The van der Waals surface area contributed by atoms with E-state index in [0.29, 0.717) is 6.42 Å². The van der Waals surface area contributed by atoms with E-state index in [2.05, 4.69) is 4.74 Å². The van der Waals surface area contributed by atoms with Crippen molar-refractivity contribution in [1.29, 1.82) is 0 Å². The van der Waals surface area contributed by atoms with Crippen molar-refractivity contribution in [3.05, 3.63) is 12.2 Å².